The zero-order valence-corrected chi connectivity index (χ0v) is 14.9. The van der Waals surface area contributed by atoms with Crippen molar-refractivity contribution in [3.05, 3.63) is 59.9 Å². The minimum Gasteiger partial charge on any atom is -0.451 e. The van der Waals surface area contributed by atoms with Gasteiger partial charge in [0.2, 0.25) is 0 Å². The van der Waals surface area contributed by atoms with Gasteiger partial charge in [-0.3, -0.25) is 8.78 Å². The molecule has 5 nitrogen and oxygen atoms in total. The lowest BCUT2D eigenvalue weighted by Gasteiger charge is -2.15. The number of carbonyl (C=O) groups excluding carboxylic acids is 1. The molecule has 1 aromatic heterocycles. The molecule has 0 fully saturated rings. The van der Waals surface area contributed by atoms with Crippen molar-refractivity contribution >= 4 is 27.8 Å². The van der Waals surface area contributed by atoms with E-state index in [1.54, 1.807) is 30.3 Å². The number of halogens is 2. The van der Waals surface area contributed by atoms with Crippen molar-refractivity contribution < 1.29 is 22.5 Å². The van der Waals surface area contributed by atoms with Gasteiger partial charge in [-0.2, -0.15) is 8.78 Å². The Morgan fingerprint density at radius 1 is 1.15 bits per heavy atom. The van der Waals surface area contributed by atoms with Gasteiger partial charge in [-0.15, -0.1) is 0 Å². The third-order valence-electron chi connectivity index (χ3n) is 3.89. The number of ether oxygens (including phenoxy) is 1. The molecular weight excluding hydrogens is 362 g/mol. The number of fused-ring (bicyclic) bond motifs is 1. The molecule has 2 atom stereocenters. The van der Waals surface area contributed by atoms with Crippen LogP contribution in [-0.2, 0) is 15.5 Å². The molecule has 26 heavy (non-hydrogen) atoms. The Balaban J connectivity index is 1.86. The largest absolute Gasteiger partial charge is 0.451 e. The van der Waals surface area contributed by atoms with Gasteiger partial charge < -0.3 is 4.74 Å². The summed E-state index contributed by atoms with van der Waals surface area (Å²) in [6, 6.07) is 12.6. The number of esters is 1. The summed E-state index contributed by atoms with van der Waals surface area (Å²) >= 11 is 0. The molecule has 0 saturated heterocycles. The molecule has 0 N–H and O–H groups in total. The fourth-order valence-electron chi connectivity index (χ4n) is 2.62. The maximum absolute atomic E-state index is 13.5. The van der Waals surface area contributed by atoms with Gasteiger partial charge in [0.05, 0.1) is 16.6 Å². The smallest absolute Gasteiger partial charge is 0.338 e. The van der Waals surface area contributed by atoms with Crippen LogP contribution in [-0.4, -0.2) is 26.0 Å². The highest BCUT2D eigenvalue weighted by molar-refractivity contribution is 7.84. The third-order valence-corrected chi connectivity index (χ3v) is 4.82. The molecule has 0 aliphatic rings. The molecule has 2 unspecified atom stereocenters. The first-order chi connectivity index (χ1) is 12.4. The fraction of sp³-hybridized carbons (Fsp3) is 0.222. The number of alkyl halides is 2. The summed E-state index contributed by atoms with van der Waals surface area (Å²) < 4.78 is 44.4. The number of aromatic nitrogens is 2. The van der Waals surface area contributed by atoms with Crippen LogP contribution in [0.5, 0.6) is 0 Å². The van der Waals surface area contributed by atoms with Crippen molar-refractivity contribution in [1.29, 1.82) is 0 Å². The first-order valence-electron chi connectivity index (χ1n) is 7.78. The molecule has 3 rings (SSSR count). The van der Waals surface area contributed by atoms with Crippen LogP contribution in [0.1, 0.15) is 35.8 Å². The molecule has 1 heterocycles. The van der Waals surface area contributed by atoms with E-state index in [1.165, 1.54) is 31.4 Å². The van der Waals surface area contributed by atoms with E-state index in [2.05, 4.69) is 4.98 Å². The maximum Gasteiger partial charge on any atom is 0.338 e. The normalized spacial score (nSPS) is 13.7. The summed E-state index contributed by atoms with van der Waals surface area (Å²) in [5.74, 6) is -0.695. The second-order valence-electron chi connectivity index (χ2n) is 5.63. The number of hydrogen-bond acceptors (Lipinski definition) is 4. The standard InChI is InChI=1S/C18H16F2N2O3S/c1-11(25-17(23)12-7-9-13(10-8-12)26(2)24)16-21-14-5-3-4-6-15(14)22(16)18(19)20/h3-11,18H,1-2H3. The highest BCUT2D eigenvalue weighted by atomic mass is 32.2. The van der Waals surface area contributed by atoms with Gasteiger partial charge in [-0.1, -0.05) is 12.1 Å². The lowest BCUT2D eigenvalue weighted by Crippen LogP contribution is -2.14. The predicted molar refractivity (Wildman–Crippen MR) is 93.6 cm³/mol. The second kappa shape index (κ2) is 7.33. The highest BCUT2D eigenvalue weighted by Gasteiger charge is 2.24. The monoisotopic (exact) mass is 378 g/mol. The summed E-state index contributed by atoms with van der Waals surface area (Å²) in [5, 5.41) is 0. The molecule has 0 aliphatic heterocycles. The summed E-state index contributed by atoms with van der Waals surface area (Å²) in [7, 11) is -1.16. The van der Waals surface area contributed by atoms with E-state index in [1.807, 2.05) is 0 Å². The van der Waals surface area contributed by atoms with Crippen LogP contribution >= 0.6 is 0 Å². The van der Waals surface area contributed by atoms with Crippen molar-refractivity contribution in [1.82, 2.24) is 9.55 Å². The zero-order valence-electron chi connectivity index (χ0n) is 14.1. The summed E-state index contributed by atoms with van der Waals surface area (Å²) in [6.45, 7) is -1.31. The molecule has 0 amide bonds. The van der Waals surface area contributed by atoms with E-state index in [0.29, 0.717) is 10.4 Å². The van der Waals surface area contributed by atoms with Crippen LogP contribution in [0.4, 0.5) is 8.78 Å². The average molecular weight is 378 g/mol. The van der Waals surface area contributed by atoms with Crippen LogP contribution in [0, 0.1) is 0 Å². The number of carbonyl (C=O) groups is 1. The Bertz CT molecular complexity index is 970. The molecule has 3 aromatic rings. The van der Waals surface area contributed by atoms with Gasteiger partial charge in [-0.25, -0.2) is 9.78 Å². The minimum atomic E-state index is -2.81. The number of hydrogen-bond donors (Lipinski definition) is 0. The Labute approximate surface area is 151 Å². The third kappa shape index (κ3) is 3.50. The van der Waals surface area contributed by atoms with Crippen molar-refractivity contribution in [3.63, 3.8) is 0 Å². The van der Waals surface area contributed by atoms with Crippen molar-refractivity contribution in [2.45, 2.75) is 24.5 Å². The van der Waals surface area contributed by atoms with E-state index in [9.17, 15) is 17.8 Å². The minimum absolute atomic E-state index is 0.0270. The predicted octanol–water partition coefficient (Wildman–Crippen LogP) is 4.09. The SMILES string of the molecule is CC(OC(=O)c1ccc(S(C)=O)cc1)c1nc2ccccc2n1C(F)F. The molecule has 0 radical (unpaired) electrons. The van der Waals surface area contributed by atoms with Crippen LogP contribution in [0.2, 0.25) is 0 Å². The van der Waals surface area contributed by atoms with Crippen LogP contribution < -0.4 is 0 Å². The van der Waals surface area contributed by atoms with Gasteiger partial charge in [0, 0.05) is 22.0 Å². The van der Waals surface area contributed by atoms with E-state index < -0.39 is 29.4 Å². The molecule has 0 bridgehead atoms. The first-order valence-corrected chi connectivity index (χ1v) is 9.33. The van der Waals surface area contributed by atoms with Gasteiger partial charge in [0.1, 0.15) is 0 Å². The fourth-order valence-corrected chi connectivity index (χ4v) is 3.14. The lowest BCUT2D eigenvalue weighted by atomic mass is 10.2. The summed E-state index contributed by atoms with van der Waals surface area (Å²) in [6.07, 6.45) is 0.563. The van der Waals surface area contributed by atoms with Crippen molar-refractivity contribution in [2.24, 2.45) is 0 Å². The van der Waals surface area contributed by atoms with Crippen LogP contribution in [0.15, 0.2) is 53.4 Å². The lowest BCUT2D eigenvalue weighted by molar-refractivity contribution is 0.0233. The number of rotatable bonds is 5. The molecule has 0 aliphatic carbocycles. The van der Waals surface area contributed by atoms with Crippen LogP contribution in [0.3, 0.4) is 0 Å². The van der Waals surface area contributed by atoms with Crippen molar-refractivity contribution in [2.75, 3.05) is 6.26 Å². The number of imidazole rings is 1. The van der Waals surface area contributed by atoms with Gasteiger partial charge in [0.25, 0.3) is 0 Å². The number of nitrogens with zero attached hydrogens (tertiary/aromatic N) is 2. The van der Waals surface area contributed by atoms with Crippen molar-refractivity contribution in [3.8, 4) is 0 Å². The Morgan fingerprint density at radius 2 is 1.81 bits per heavy atom. The van der Waals surface area contributed by atoms with E-state index in [0.717, 1.165) is 4.57 Å². The van der Waals surface area contributed by atoms with Gasteiger partial charge >= 0.3 is 12.5 Å². The summed E-state index contributed by atoms with van der Waals surface area (Å²) in [5.41, 5.74) is 0.918. The molecule has 0 spiro atoms. The Morgan fingerprint density at radius 3 is 2.42 bits per heavy atom. The molecule has 2 aromatic carbocycles. The Hall–Kier alpha value is -2.61. The first kappa shape index (κ1) is 18.2. The van der Waals surface area contributed by atoms with E-state index >= 15 is 0 Å². The second-order valence-corrected chi connectivity index (χ2v) is 7.01. The van der Waals surface area contributed by atoms with Gasteiger partial charge in [0.15, 0.2) is 11.9 Å². The molecule has 136 valence electrons. The van der Waals surface area contributed by atoms with Crippen LogP contribution in [0.25, 0.3) is 11.0 Å². The zero-order chi connectivity index (χ0) is 18.8. The van der Waals surface area contributed by atoms with E-state index in [4.69, 9.17) is 4.74 Å². The quantitative estimate of drug-likeness (QED) is 0.628. The highest BCUT2D eigenvalue weighted by Crippen LogP contribution is 2.28. The summed E-state index contributed by atoms with van der Waals surface area (Å²) in [4.78, 5) is 17.0. The van der Waals surface area contributed by atoms with Gasteiger partial charge in [-0.05, 0) is 43.3 Å². The molecule has 8 heteroatoms. The molecular formula is C18H16F2N2O3S. The maximum atomic E-state index is 13.5. The number of para-hydroxylation sites is 2. The Kier molecular flexibility index (Phi) is 5.13. The topological polar surface area (TPSA) is 61.2 Å². The number of benzene rings is 2. The average Bonchev–Trinajstić information content (AvgIpc) is 3.01. The van der Waals surface area contributed by atoms with E-state index in [-0.39, 0.29) is 16.9 Å². The molecule has 0 saturated carbocycles.